The molecule has 1 aliphatic heterocycles. The molecule has 1 aromatic carbocycles. The van der Waals surface area contributed by atoms with Gasteiger partial charge in [0, 0.05) is 56.2 Å². The predicted octanol–water partition coefficient (Wildman–Crippen LogP) is 3.60. The number of aryl methyl sites for hydroxylation is 1. The number of carbonyl (C=O) groups excluding carboxylic acids is 1. The first kappa shape index (κ1) is 19.6. The number of aromatic nitrogens is 3. The van der Waals surface area contributed by atoms with E-state index < -0.39 is 0 Å². The van der Waals surface area contributed by atoms with Gasteiger partial charge in [0.2, 0.25) is 17.6 Å². The lowest BCUT2D eigenvalue weighted by molar-refractivity contribution is -0.131. The monoisotopic (exact) mass is 411 g/mol. The molecule has 0 bridgehead atoms. The standard InChI is InChI=1S/C21H25N5O2S/c1-15(2)16-3-5-17(6-4-16)20-23-18(28-24-20)7-8-19(27)25-10-12-26(13-11-25)21-22-9-14-29-21/h3-6,9,14-15H,7-8,10-13H2,1-2H3. The molecule has 3 heterocycles. The van der Waals surface area contributed by atoms with Gasteiger partial charge in [-0.05, 0) is 11.5 Å². The van der Waals surface area contributed by atoms with E-state index in [-0.39, 0.29) is 5.91 Å². The van der Waals surface area contributed by atoms with Gasteiger partial charge < -0.3 is 14.3 Å². The van der Waals surface area contributed by atoms with E-state index in [4.69, 9.17) is 4.52 Å². The highest BCUT2D eigenvalue weighted by molar-refractivity contribution is 7.13. The quantitative estimate of drug-likeness (QED) is 0.617. The lowest BCUT2D eigenvalue weighted by Crippen LogP contribution is -2.48. The zero-order valence-corrected chi connectivity index (χ0v) is 17.6. The van der Waals surface area contributed by atoms with Crippen LogP contribution in [0.5, 0.6) is 0 Å². The summed E-state index contributed by atoms with van der Waals surface area (Å²) < 4.78 is 5.35. The Morgan fingerprint density at radius 3 is 2.59 bits per heavy atom. The molecule has 0 unspecified atom stereocenters. The van der Waals surface area contributed by atoms with Gasteiger partial charge in [-0.3, -0.25) is 4.79 Å². The number of nitrogens with zero attached hydrogens (tertiary/aromatic N) is 5. The van der Waals surface area contributed by atoms with Crippen LogP contribution >= 0.6 is 11.3 Å². The van der Waals surface area contributed by atoms with E-state index >= 15 is 0 Å². The van der Waals surface area contributed by atoms with Crippen LogP contribution < -0.4 is 4.90 Å². The number of hydrogen-bond acceptors (Lipinski definition) is 7. The van der Waals surface area contributed by atoms with E-state index in [1.807, 2.05) is 28.6 Å². The summed E-state index contributed by atoms with van der Waals surface area (Å²) in [6.45, 7) is 7.40. The van der Waals surface area contributed by atoms with Gasteiger partial charge in [-0.15, -0.1) is 11.3 Å². The Hall–Kier alpha value is -2.74. The van der Waals surface area contributed by atoms with Crippen molar-refractivity contribution in [2.45, 2.75) is 32.6 Å². The first-order valence-electron chi connectivity index (χ1n) is 9.95. The number of thiazole rings is 1. The molecule has 0 spiro atoms. The molecule has 0 atom stereocenters. The summed E-state index contributed by atoms with van der Waals surface area (Å²) in [6.07, 6.45) is 2.66. The maximum atomic E-state index is 12.5. The highest BCUT2D eigenvalue weighted by atomic mass is 32.1. The van der Waals surface area contributed by atoms with E-state index in [0.717, 1.165) is 36.9 Å². The largest absolute Gasteiger partial charge is 0.345 e. The van der Waals surface area contributed by atoms with Crippen LogP contribution in [0.25, 0.3) is 11.4 Å². The van der Waals surface area contributed by atoms with Crippen molar-refractivity contribution >= 4 is 22.4 Å². The van der Waals surface area contributed by atoms with E-state index in [0.29, 0.717) is 30.5 Å². The molecule has 0 saturated carbocycles. The zero-order chi connectivity index (χ0) is 20.2. The fourth-order valence-electron chi connectivity index (χ4n) is 3.38. The van der Waals surface area contributed by atoms with Gasteiger partial charge in [-0.1, -0.05) is 43.3 Å². The normalized spacial score (nSPS) is 14.6. The van der Waals surface area contributed by atoms with Crippen molar-refractivity contribution < 1.29 is 9.32 Å². The summed E-state index contributed by atoms with van der Waals surface area (Å²) in [7, 11) is 0. The number of amides is 1. The number of rotatable bonds is 6. The molecule has 3 aromatic rings. The van der Waals surface area contributed by atoms with Gasteiger partial charge >= 0.3 is 0 Å². The zero-order valence-electron chi connectivity index (χ0n) is 16.7. The third-order valence-corrected chi connectivity index (χ3v) is 6.01. The van der Waals surface area contributed by atoms with Gasteiger partial charge in [0.05, 0.1) is 0 Å². The maximum absolute atomic E-state index is 12.5. The number of anilines is 1. The minimum atomic E-state index is 0.129. The Morgan fingerprint density at radius 2 is 1.93 bits per heavy atom. The molecule has 0 aliphatic carbocycles. The molecule has 152 valence electrons. The molecular weight excluding hydrogens is 386 g/mol. The van der Waals surface area contributed by atoms with Crippen LogP contribution in [0.3, 0.4) is 0 Å². The third kappa shape index (κ3) is 4.64. The predicted molar refractivity (Wildman–Crippen MR) is 113 cm³/mol. The van der Waals surface area contributed by atoms with Crippen LogP contribution in [0.4, 0.5) is 5.13 Å². The summed E-state index contributed by atoms with van der Waals surface area (Å²) in [4.78, 5) is 25.5. The summed E-state index contributed by atoms with van der Waals surface area (Å²) in [6, 6.07) is 8.20. The van der Waals surface area contributed by atoms with Crippen LogP contribution in [0.2, 0.25) is 0 Å². The van der Waals surface area contributed by atoms with Crippen LogP contribution in [0.15, 0.2) is 40.4 Å². The molecule has 29 heavy (non-hydrogen) atoms. The summed E-state index contributed by atoms with van der Waals surface area (Å²) in [5.74, 6) is 1.69. The van der Waals surface area contributed by atoms with Gasteiger partial charge in [-0.25, -0.2) is 4.98 Å². The van der Waals surface area contributed by atoms with Gasteiger partial charge in [0.1, 0.15) is 0 Å². The summed E-state index contributed by atoms with van der Waals surface area (Å²) in [5, 5.41) is 7.07. The van der Waals surface area contributed by atoms with Crippen molar-refractivity contribution in [3.8, 4) is 11.4 Å². The van der Waals surface area contributed by atoms with Crippen molar-refractivity contribution in [1.29, 1.82) is 0 Å². The van der Waals surface area contributed by atoms with Crippen LogP contribution in [-0.2, 0) is 11.2 Å². The second-order valence-corrected chi connectivity index (χ2v) is 8.34. The van der Waals surface area contributed by atoms with E-state index in [9.17, 15) is 4.79 Å². The Kier molecular flexibility index (Phi) is 5.89. The Balaban J connectivity index is 1.28. The maximum Gasteiger partial charge on any atom is 0.227 e. The van der Waals surface area contributed by atoms with Crippen LogP contribution in [0.1, 0.15) is 37.6 Å². The van der Waals surface area contributed by atoms with Gasteiger partial charge in [0.15, 0.2) is 5.13 Å². The number of carbonyl (C=O) groups is 1. The molecule has 0 N–H and O–H groups in total. The van der Waals surface area contributed by atoms with Gasteiger partial charge in [-0.2, -0.15) is 4.98 Å². The second kappa shape index (κ2) is 8.73. The molecule has 7 nitrogen and oxygen atoms in total. The molecule has 0 radical (unpaired) electrons. The average Bonchev–Trinajstić information content (AvgIpc) is 3.44. The minimum Gasteiger partial charge on any atom is -0.345 e. The molecule has 1 fully saturated rings. The van der Waals surface area contributed by atoms with Crippen molar-refractivity contribution in [2.24, 2.45) is 0 Å². The van der Waals surface area contributed by atoms with Crippen molar-refractivity contribution in [3.05, 3.63) is 47.3 Å². The van der Waals surface area contributed by atoms with E-state index in [1.165, 1.54) is 5.56 Å². The van der Waals surface area contributed by atoms with Crippen molar-refractivity contribution in [2.75, 3.05) is 31.1 Å². The lowest BCUT2D eigenvalue weighted by atomic mass is 10.0. The molecule has 1 aliphatic rings. The smallest absolute Gasteiger partial charge is 0.227 e. The number of benzene rings is 1. The molecule has 1 amide bonds. The molecule has 2 aromatic heterocycles. The summed E-state index contributed by atoms with van der Waals surface area (Å²) in [5.41, 5.74) is 2.20. The highest BCUT2D eigenvalue weighted by Gasteiger charge is 2.22. The number of piperazine rings is 1. The van der Waals surface area contributed by atoms with E-state index in [2.05, 4.69) is 46.0 Å². The third-order valence-electron chi connectivity index (χ3n) is 5.18. The van der Waals surface area contributed by atoms with Gasteiger partial charge in [0.25, 0.3) is 0 Å². The first-order valence-corrected chi connectivity index (χ1v) is 10.8. The average molecular weight is 412 g/mol. The van der Waals surface area contributed by atoms with E-state index in [1.54, 1.807) is 11.3 Å². The highest BCUT2D eigenvalue weighted by Crippen LogP contribution is 2.21. The first-order chi connectivity index (χ1) is 14.1. The summed E-state index contributed by atoms with van der Waals surface area (Å²) >= 11 is 1.63. The second-order valence-electron chi connectivity index (χ2n) is 7.47. The Bertz CT molecular complexity index is 928. The SMILES string of the molecule is CC(C)c1ccc(-c2noc(CCC(=O)N3CCN(c4nccs4)CC3)n2)cc1. The molecule has 1 saturated heterocycles. The molecule has 8 heteroatoms. The van der Waals surface area contributed by atoms with Crippen molar-refractivity contribution in [3.63, 3.8) is 0 Å². The molecular formula is C21H25N5O2S. The van der Waals surface area contributed by atoms with Crippen molar-refractivity contribution in [1.82, 2.24) is 20.0 Å². The minimum absolute atomic E-state index is 0.129. The van der Waals surface area contributed by atoms with Crippen LogP contribution in [-0.4, -0.2) is 52.1 Å². The fraction of sp³-hybridized carbons (Fsp3) is 0.429. The van der Waals surface area contributed by atoms with Crippen LogP contribution in [0, 0.1) is 0 Å². The molecule has 4 rings (SSSR count). The topological polar surface area (TPSA) is 75.4 Å². The Labute approximate surface area is 174 Å². The number of hydrogen-bond donors (Lipinski definition) is 0. The lowest BCUT2D eigenvalue weighted by Gasteiger charge is -2.34. The fourth-order valence-corrected chi connectivity index (χ4v) is 4.08. The Morgan fingerprint density at radius 1 is 1.17 bits per heavy atom.